The molecule has 0 aliphatic carbocycles. The highest BCUT2D eigenvalue weighted by Crippen LogP contribution is 2.57. The number of urea groups is 1. The molecule has 0 radical (unpaired) electrons. The molecule has 0 spiro atoms. The summed E-state index contributed by atoms with van der Waals surface area (Å²) in [7, 11) is -1.05. The van der Waals surface area contributed by atoms with E-state index in [4.69, 9.17) is 39.1 Å². The number of benzene rings is 2. The van der Waals surface area contributed by atoms with E-state index in [1.807, 2.05) is 39.8 Å². The van der Waals surface area contributed by atoms with Gasteiger partial charge in [-0.1, -0.05) is 36.4 Å². The van der Waals surface area contributed by atoms with Crippen LogP contribution in [0.2, 0.25) is 0 Å². The van der Waals surface area contributed by atoms with Crippen LogP contribution in [0.25, 0.3) is 27.2 Å². The lowest BCUT2D eigenvalue weighted by molar-refractivity contribution is -0.0808. The average molecular weight is 980 g/mol. The maximum atomic E-state index is 13.6. The minimum Gasteiger partial charge on any atom is -0.376 e. The van der Waals surface area contributed by atoms with Gasteiger partial charge in [-0.25, -0.2) is 41.3 Å². The number of nitrogens with one attached hydrogen (secondary N) is 2. The van der Waals surface area contributed by atoms with Gasteiger partial charge in [-0.05, 0) is 52.0 Å². The second kappa shape index (κ2) is 22.4. The zero-order chi connectivity index (χ0) is 49.4. The zero-order valence-electron chi connectivity index (χ0n) is 39.4. The molecule has 2 aromatic carbocycles. The van der Waals surface area contributed by atoms with Crippen molar-refractivity contribution in [3.8, 4) is 0 Å². The smallest absolute Gasteiger partial charge is 0.365 e. The molecule has 7 atom stereocenters. The molecule has 2 saturated heterocycles. The van der Waals surface area contributed by atoms with Crippen LogP contribution >= 0.6 is 7.74 Å². The summed E-state index contributed by atoms with van der Waals surface area (Å²) in [4.78, 5) is 71.2. The normalized spacial score (nSPS) is 21.0. The molecule has 4 amide bonds. The van der Waals surface area contributed by atoms with Gasteiger partial charge in [0.2, 0.25) is 6.54 Å². The molecular weight excluding hydrogens is 926 g/mol. The first-order valence-corrected chi connectivity index (χ1v) is 24.1. The van der Waals surface area contributed by atoms with Crippen LogP contribution in [0.5, 0.6) is 0 Å². The standard InChI is InChI=1S/C46H54N13O10P/c1-28(2)63-22-34-33(21-37(67-34)59-27-53-39-41(49-25-51-43(39)59)55-45(61)31-16-12-9-13-17-31)69-70(64-19-18-47-5,56-46(62)57(6)7)65-23-35-32(66-29(3)4)20-36(68-35)58-26-52-38-40(48-24-50-42(38)58)54-44(60)30-14-10-8-11-15-30/h8-17,24-29,32-37H,18-23H2,1-4,6-7H3,(H,48,50,54,60)(H,49,51,55,61)/t32-,33-,34-,35-,36-,37-,70?/m1/s1. The Labute approximate surface area is 403 Å². The third-order valence-electron chi connectivity index (χ3n) is 11.0. The Kier molecular flexibility index (Phi) is 16.0. The predicted molar refractivity (Wildman–Crippen MR) is 254 cm³/mol. The fourth-order valence-electron chi connectivity index (χ4n) is 7.69. The number of carbonyl (C=O) groups is 3. The number of amides is 4. The van der Waals surface area contributed by atoms with Gasteiger partial charge in [0.15, 0.2) is 34.0 Å². The molecule has 1 unspecified atom stereocenters. The van der Waals surface area contributed by atoms with Crippen LogP contribution in [0, 0.1) is 6.57 Å². The van der Waals surface area contributed by atoms with Crippen LogP contribution in [0.1, 0.15) is 73.7 Å². The van der Waals surface area contributed by atoms with Gasteiger partial charge in [0.25, 0.3) is 11.8 Å². The highest BCUT2D eigenvalue weighted by atomic mass is 31.2. The monoisotopic (exact) mass is 979 g/mol. The Hall–Kier alpha value is -6.61. The summed E-state index contributed by atoms with van der Waals surface area (Å²) < 4.78 is 53.5. The van der Waals surface area contributed by atoms with Gasteiger partial charge in [-0.15, -0.1) is 4.74 Å². The summed E-state index contributed by atoms with van der Waals surface area (Å²) >= 11 is 0. The molecule has 24 heteroatoms. The molecule has 6 aromatic rings. The van der Waals surface area contributed by atoms with Crippen molar-refractivity contribution < 1.29 is 46.9 Å². The number of rotatable bonds is 19. The maximum absolute atomic E-state index is 13.6. The van der Waals surface area contributed by atoms with Crippen molar-refractivity contribution in [2.75, 3.05) is 51.1 Å². The van der Waals surface area contributed by atoms with Crippen molar-refractivity contribution >= 4 is 59.5 Å². The lowest BCUT2D eigenvalue weighted by atomic mass is 10.2. The first-order valence-electron chi connectivity index (χ1n) is 22.6. The van der Waals surface area contributed by atoms with Gasteiger partial charge in [0.05, 0.1) is 44.2 Å². The van der Waals surface area contributed by atoms with Crippen LogP contribution in [-0.4, -0.2) is 139 Å². The fraction of sp³-hybridized carbons (Fsp3) is 0.435. The first kappa shape index (κ1) is 49.8. The number of aromatic nitrogens is 8. The highest BCUT2D eigenvalue weighted by molar-refractivity contribution is 7.51. The Morgan fingerprint density at radius 1 is 0.757 bits per heavy atom. The quantitative estimate of drug-likeness (QED) is 0.0474. The van der Waals surface area contributed by atoms with E-state index >= 15 is 0 Å². The average Bonchev–Trinajstić information content (AvgIpc) is 4.16. The molecule has 4 aromatic heterocycles. The first-order chi connectivity index (χ1) is 33.8. The Morgan fingerprint density at radius 2 is 1.29 bits per heavy atom. The van der Waals surface area contributed by atoms with E-state index in [9.17, 15) is 14.4 Å². The number of fused-ring (bicyclic) bond motifs is 2. The Bertz CT molecular complexity index is 2880. The van der Waals surface area contributed by atoms with E-state index in [1.165, 1.54) is 38.0 Å². The van der Waals surface area contributed by atoms with E-state index < -0.39 is 50.6 Å². The molecule has 70 heavy (non-hydrogen) atoms. The van der Waals surface area contributed by atoms with Crippen molar-refractivity contribution in [3.05, 3.63) is 109 Å². The number of hydrogen-bond acceptors (Lipinski definition) is 16. The van der Waals surface area contributed by atoms with E-state index in [0.717, 1.165) is 0 Å². The Morgan fingerprint density at radius 3 is 1.79 bits per heavy atom. The predicted octanol–water partition coefficient (Wildman–Crippen LogP) is 6.93. The molecule has 2 fully saturated rings. The highest BCUT2D eigenvalue weighted by Gasteiger charge is 2.45. The van der Waals surface area contributed by atoms with Crippen molar-refractivity contribution in [1.29, 1.82) is 0 Å². The van der Waals surface area contributed by atoms with Gasteiger partial charge in [0.1, 0.15) is 50.0 Å². The molecule has 0 saturated carbocycles. The summed E-state index contributed by atoms with van der Waals surface area (Å²) in [5, 5.41) is 5.66. The van der Waals surface area contributed by atoms with Crippen LogP contribution in [-0.2, 0) is 32.5 Å². The van der Waals surface area contributed by atoms with Gasteiger partial charge >= 0.3 is 13.8 Å². The second-order valence-electron chi connectivity index (χ2n) is 17.0. The van der Waals surface area contributed by atoms with Crippen molar-refractivity contribution in [1.82, 2.24) is 43.9 Å². The molecule has 8 rings (SSSR count). The lowest BCUT2D eigenvalue weighted by Gasteiger charge is -2.30. The van der Waals surface area contributed by atoms with E-state index in [1.54, 1.807) is 64.0 Å². The number of anilines is 2. The molecule has 2 aliphatic heterocycles. The number of imidazole rings is 2. The second-order valence-corrected chi connectivity index (χ2v) is 18.8. The van der Waals surface area contributed by atoms with Crippen molar-refractivity contribution in [3.63, 3.8) is 0 Å². The summed E-state index contributed by atoms with van der Waals surface area (Å²) in [5.41, 5.74) is 2.35. The minimum atomic E-state index is -4.11. The molecule has 368 valence electrons. The molecule has 0 bridgehead atoms. The molecular formula is C46H54N13O10P. The van der Waals surface area contributed by atoms with Crippen LogP contribution in [0.4, 0.5) is 16.4 Å². The maximum Gasteiger partial charge on any atom is 0.365 e. The molecule has 23 nitrogen and oxygen atoms in total. The number of hydrogen-bond donors (Lipinski definition) is 2. The topological polar surface area (TPSA) is 247 Å². The van der Waals surface area contributed by atoms with Gasteiger partial charge < -0.3 is 39.3 Å². The summed E-state index contributed by atoms with van der Waals surface area (Å²) in [5.74, 6) is -0.295. The lowest BCUT2D eigenvalue weighted by Crippen LogP contribution is -2.33. The third-order valence-corrected chi connectivity index (χ3v) is 12.9. The van der Waals surface area contributed by atoms with Crippen molar-refractivity contribution in [2.24, 2.45) is 4.74 Å². The fourth-order valence-corrected chi connectivity index (χ4v) is 9.65. The third kappa shape index (κ3) is 11.7. The van der Waals surface area contributed by atoms with Gasteiger partial charge in [-0.3, -0.25) is 32.3 Å². The molecule has 2 N–H and O–H groups in total. The summed E-state index contributed by atoms with van der Waals surface area (Å²) in [6.07, 6.45) is 1.45. The summed E-state index contributed by atoms with van der Waals surface area (Å²) in [6, 6.07) is 16.8. The number of carbonyl (C=O) groups excluding carboxylic acids is 3. The van der Waals surface area contributed by atoms with E-state index in [0.29, 0.717) is 39.9 Å². The number of nitrogens with zero attached hydrogens (tertiary/aromatic N) is 11. The molecule has 6 heterocycles. The van der Waals surface area contributed by atoms with E-state index in [-0.39, 0.29) is 68.4 Å². The van der Waals surface area contributed by atoms with Crippen molar-refractivity contribution in [2.45, 2.75) is 89.6 Å². The Balaban J connectivity index is 1.07. The van der Waals surface area contributed by atoms with Crippen LogP contribution in [0.3, 0.4) is 0 Å². The number of ether oxygens (including phenoxy) is 4. The zero-order valence-corrected chi connectivity index (χ0v) is 40.3. The van der Waals surface area contributed by atoms with Gasteiger partial charge in [0, 0.05) is 38.1 Å². The van der Waals surface area contributed by atoms with Crippen LogP contribution < -0.4 is 10.6 Å². The molecule has 2 aliphatic rings. The van der Waals surface area contributed by atoms with Gasteiger partial charge in [-0.2, -0.15) is 0 Å². The largest absolute Gasteiger partial charge is 0.376 e. The SMILES string of the molecule is [C-]#[N+]CCOP(=NC(=O)N(C)C)(OC[C@H]1O[C@@H](n2cnc3c(NC(=O)c4ccccc4)ncnc32)C[C@H]1OC(C)C)O[C@@H]1C[C@H](n2cnc3c(NC(=O)c4ccccc4)ncnc32)O[C@@H]1COC(C)C. The minimum absolute atomic E-state index is 0.0697. The summed E-state index contributed by atoms with van der Waals surface area (Å²) in [6.45, 7) is 14.7. The van der Waals surface area contributed by atoms with Crippen LogP contribution in [0.15, 0.2) is 90.7 Å². The van der Waals surface area contributed by atoms with E-state index in [2.05, 4.69) is 50.1 Å².